The third-order valence-corrected chi connectivity index (χ3v) is 5.48. The number of carbonyl (C=O) groups excluding carboxylic acids is 2. The molecule has 2 rings (SSSR count). The van der Waals surface area contributed by atoms with E-state index < -0.39 is 23.7 Å². The van der Waals surface area contributed by atoms with E-state index in [1.807, 2.05) is 13.8 Å². The number of esters is 1. The fourth-order valence-electron chi connectivity index (χ4n) is 1.90. The number of hydrogen-bond donors (Lipinski definition) is 2. The van der Waals surface area contributed by atoms with Crippen LogP contribution in [0.4, 0.5) is 0 Å². The lowest BCUT2D eigenvalue weighted by atomic mass is 10.2. The minimum absolute atomic E-state index is 0.170. The molecule has 124 valence electrons. The number of nitrogens with one attached hydrogen (secondary N) is 1. The van der Waals surface area contributed by atoms with Crippen LogP contribution in [0.15, 0.2) is 4.79 Å². The van der Waals surface area contributed by atoms with E-state index >= 15 is 0 Å². The number of aromatic nitrogens is 2. The van der Waals surface area contributed by atoms with E-state index in [1.54, 1.807) is 6.92 Å². The SMILES string of the molecule is Cc1sc2nc(CSC(C)C(=O)OCC(N)=O)[nH]c(=O)c2c1C. The number of aryl methyl sites for hydroxylation is 2. The van der Waals surface area contributed by atoms with Crippen molar-refractivity contribution in [1.29, 1.82) is 0 Å². The molecule has 2 aromatic rings. The number of thiophene rings is 1. The molecule has 0 saturated heterocycles. The van der Waals surface area contributed by atoms with Crippen LogP contribution in [0.2, 0.25) is 0 Å². The fourth-order valence-corrected chi connectivity index (χ4v) is 3.70. The Balaban J connectivity index is 2.06. The van der Waals surface area contributed by atoms with E-state index in [0.717, 1.165) is 10.4 Å². The number of rotatable bonds is 6. The van der Waals surface area contributed by atoms with Crippen LogP contribution < -0.4 is 11.3 Å². The lowest BCUT2D eigenvalue weighted by Crippen LogP contribution is -2.25. The van der Waals surface area contributed by atoms with Crippen molar-refractivity contribution in [3.05, 3.63) is 26.6 Å². The summed E-state index contributed by atoms with van der Waals surface area (Å²) in [6, 6.07) is 0. The smallest absolute Gasteiger partial charge is 0.319 e. The minimum atomic E-state index is -0.699. The molecule has 1 unspecified atom stereocenters. The van der Waals surface area contributed by atoms with Crippen LogP contribution in [0, 0.1) is 13.8 Å². The fraction of sp³-hybridized carbons (Fsp3) is 0.429. The molecule has 1 amide bonds. The van der Waals surface area contributed by atoms with Crippen LogP contribution in [0.5, 0.6) is 0 Å². The zero-order chi connectivity index (χ0) is 17.1. The summed E-state index contributed by atoms with van der Waals surface area (Å²) in [6.45, 7) is 5.07. The monoisotopic (exact) mass is 355 g/mol. The average molecular weight is 355 g/mol. The molecule has 0 aromatic carbocycles. The van der Waals surface area contributed by atoms with E-state index in [-0.39, 0.29) is 5.56 Å². The predicted molar refractivity (Wildman–Crippen MR) is 90.6 cm³/mol. The third-order valence-electron chi connectivity index (χ3n) is 3.25. The van der Waals surface area contributed by atoms with Gasteiger partial charge in [-0.3, -0.25) is 14.4 Å². The van der Waals surface area contributed by atoms with Gasteiger partial charge in [-0.25, -0.2) is 4.98 Å². The largest absolute Gasteiger partial charge is 0.455 e. The van der Waals surface area contributed by atoms with Crippen LogP contribution in [0.3, 0.4) is 0 Å². The highest BCUT2D eigenvalue weighted by molar-refractivity contribution is 7.99. The Labute approximate surface area is 140 Å². The molecule has 0 bridgehead atoms. The number of nitrogens with zero attached hydrogens (tertiary/aromatic N) is 1. The van der Waals surface area contributed by atoms with Gasteiger partial charge in [-0.15, -0.1) is 23.1 Å². The Bertz CT molecular complexity index is 812. The molecule has 0 spiro atoms. The molecular weight excluding hydrogens is 338 g/mol. The standard InChI is InChI=1S/C14H17N3O4S2/c1-6-7(2)23-13-11(6)12(19)16-10(17-13)5-22-8(3)14(20)21-4-9(15)18/h8H,4-5H2,1-3H3,(H2,15,18)(H,16,17,19). The highest BCUT2D eigenvalue weighted by Gasteiger charge is 2.17. The van der Waals surface area contributed by atoms with E-state index in [1.165, 1.54) is 23.1 Å². The van der Waals surface area contributed by atoms with Gasteiger partial charge in [-0.1, -0.05) is 0 Å². The summed E-state index contributed by atoms with van der Waals surface area (Å²) >= 11 is 2.74. The molecule has 9 heteroatoms. The molecule has 0 aliphatic carbocycles. The number of aromatic amines is 1. The van der Waals surface area contributed by atoms with Gasteiger partial charge < -0.3 is 15.5 Å². The lowest BCUT2D eigenvalue weighted by Gasteiger charge is -2.09. The maximum Gasteiger partial charge on any atom is 0.319 e. The van der Waals surface area contributed by atoms with Crippen molar-refractivity contribution in [1.82, 2.24) is 9.97 Å². The second-order valence-corrected chi connectivity index (χ2v) is 7.54. The number of primary amides is 1. The first-order chi connectivity index (χ1) is 10.8. The maximum absolute atomic E-state index is 12.1. The molecule has 2 heterocycles. The summed E-state index contributed by atoms with van der Waals surface area (Å²) in [5.41, 5.74) is 5.69. The lowest BCUT2D eigenvalue weighted by molar-refractivity contribution is -0.146. The Morgan fingerprint density at radius 2 is 2.13 bits per heavy atom. The number of fused-ring (bicyclic) bond motifs is 1. The second-order valence-electron chi connectivity index (χ2n) is 5.00. The molecular formula is C14H17N3O4S2. The van der Waals surface area contributed by atoms with Crippen LogP contribution in [0.25, 0.3) is 10.2 Å². The first-order valence-corrected chi connectivity index (χ1v) is 8.71. The van der Waals surface area contributed by atoms with Crippen LogP contribution in [-0.4, -0.2) is 33.7 Å². The van der Waals surface area contributed by atoms with Crippen molar-refractivity contribution in [2.24, 2.45) is 5.73 Å². The predicted octanol–water partition coefficient (Wildman–Crippen LogP) is 1.25. The number of amides is 1. The second kappa shape index (κ2) is 7.14. The van der Waals surface area contributed by atoms with Crippen LogP contribution in [-0.2, 0) is 20.1 Å². The van der Waals surface area contributed by atoms with Gasteiger partial charge in [0, 0.05) is 4.88 Å². The first-order valence-electron chi connectivity index (χ1n) is 6.85. The van der Waals surface area contributed by atoms with Gasteiger partial charge in [-0.05, 0) is 26.3 Å². The minimum Gasteiger partial charge on any atom is -0.455 e. The quantitative estimate of drug-likeness (QED) is 0.754. The average Bonchev–Trinajstić information content (AvgIpc) is 2.77. The molecule has 0 radical (unpaired) electrons. The number of thioether (sulfide) groups is 1. The zero-order valence-corrected chi connectivity index (χ0v) is 14.6. The van der Waals surface area contributed by atoms with Crippen LogP contribution >= 0.6 is 23.1 Å². The highest BCUT2D eigenvalue weighted by atomic mass is 32.2. The van der Waals surface area contributed by atoms with Gasteiger partial charge >= 0.3 is 5.97 Å². The molecule has 7 nitrogen and oxygen atoms in total. The topological polar surface area (TPSA) is 115 Å². The zero-order valence-electron chi connectivity index (χ0n) is 13.0. The molecule has 23 heavy (non-hydrogen) atoms. The van der Waals surface area contributed by atoms with E-state index in [9.17, 15) is 14.4 Å². The normalized spacial score (nSPS) is 12.3. The number of ether oxygens (including phenoxy) is 1. The Kier molecular flexibility index (Phi) is 5.42. The van der Waals surface area contributed by atoms with Crippen molar-refractivity contribution in [2.75, 3.05) is 6.61 Å². The van der Waals surface area contributed by atoms with Gasteiger partial charge in [0.25, 0.3) is 11.5 Å². The Morgan fingerprint density at radius 1 is 1.43 bits per heavy atom. The van der Waals surface area contributed by atoms with Crippen LogP contribution in [0.1, 0.15) is 23.2 Å². The molecule has 1 atom stereocenters. The van der Waals surface area contributed by atoms with Gasteiger partial charge in [0.15, 0.2) is 6.61 Å². The molecule has 0 saturated carbocycles. The van der Waals surface area contributed by atoms with E-state index in [0.29, 0.717) is 21.8 Å². The highest BCUT2D eigenvalue weighted by Crippen LogP contribution is 2.26. The number of carbonyl (C=O) groups is 2. The van der Waals surface area contributed by atoms with Crippen molar-refractivity contribution in [3.63, 3.8) is 0 Å². The molecule has 0 aliphatic heterocycles. The molecule has 2 aromatic heterocycles. The van der Waals surface area contributed by atoms with E-state index in [4.69, 9.17) is 10.5 Å². The third kappa shape index (κ3) is 4.11. The maximum atomic E-state index is 12.1. The van der Waals surface area contributed by atoms with Crippen molar-refractivity contribution in [3.8, 4) is 0 Å². The number of nitrogens with two attached hydrogens (primary N) is 1. The summed E-state index contributed by atoms with van der Waals surface area (Å²) < 4.78 is 4.74. The molecule has 0 fully saturated rings. The van der Waals surface area contributed by atoms with Gasteiger partial charge in [0.2, 0.25) is 0 Å². The summed E-state index contributed by atoms with van der Waals surface area (Å²) in [6.07, 6.45) is 0. The first kappa shape index (κ1) is 17.5. The Hall–Kier alpha value is -1.87. The van der Waals surface area contributed by atoms with E-state index in [2.05, 4.69) is 9.97 Å². The number of H-pyrrole nitrogens is 1. The van der Waals surface area contributed by atoms with Crippen molar-refractivity contribution in [2.45, 2.75) is 31.8 Å². The van der Waals surface area contributed by atoms with Gasteiger partial charge in [0.05, 0.1) is 11.1 Å². The van der Waals surface area contributed by atoms with Crippen molar-refractivity contribution >= 4 is 45.2 Å². The Morgan fingerprint density at radius 3 is 2.78 bits per heavy atom. The molecule has 0 aliphatic rings. The molecule has 3 N–H and O–H groups in total. The summed E-state index contributed by atoms with van der Waals surface area (Å²) in [4.78, 5) is 43.3. The summed E-state index contributed by atoms with van der Waals surface area (Å²) in [7, 11) is 0. The van der Waals surface area contributed by atoms with Gasteiger partial charge in [-0.2, -0.15) is 0 Å². The number of hydrogen-bond acceptors (Lipinski definition) is 7. The van der Waals surface area contributed by atoms with Crippen molar-refractivity contribution < 1.29 is 14.3 Å². The van der Waals surface area contributed by atoms with Gasteiger partial charge in [0.1, 0.15) is 15.9 Å². The summed E-state index contributed by atoms with van der Waals surface area (Å²) in [5, 5.41) is 0.123. The summed E-state index contributed by atoms with van der Waals surface area (Å²) in [5.74, 6) is -0.368.